The summed E-state index contributed by atoms with van der Waals surface area (Å²) in [5.74, 6) is 0.247. The minimum absolute atomic E-state index is 0.278. The molecule has 2 rings (SSSR count). The molecule has 0 fully saturated rings. The molecule has 106 valence electrons. The van der Waals surface area contributed by atoms with E-state index in [4.69, 9.17) is 12.2 Å². The number of H-pyrrole nitrogens is 1. The van der Waals surface area contributed by atoms with E-state index >= 15 is 0 Å². The molecular formula is C13H11F3N2OS. The number of hydrogen-bond acceptors (Lipinski definition) is 3. The van der Waals surface area contributed by atoms with Gasteiger partial charge in [-0.25, -0.2) is 4.98 Å². The van der Waals surface area contributed by atoms with Gasteiger partial charge in [0.1, 0.15) is 16.2 Å². The molecule has 0 aliphatic heterocycles. The van der Waals surface area contributed by atoms with Crippen LogP contribution in [0.15, 0.2) is 24.3 Å². The van der Waals surface area contributed by atoms with E-state index in [2.05, 4.69) is 14.7 Å². The van der Waals surface area contributed by atoms with Crippen LogP contribution in [0.3, 0.4) is 0 Å². The summed E-state index contributed by atoms with van der Waals surface area (Å²) in [6.45, 7) is 3.39. The molecule has 0 bridgehead atoms. The molecule has 0 atom stereocenters. The van der Waals surface area contributed by atoms with E-state index in [1.54, 1.807) is 19.9 Å². The number of benzene rings is 1. The van der Waals surface area contributed by atoms with Crippen molar-refractivity contribution in [2.24, 2.45) is 0 Å². The van der Waals surface area contributed by atoms with Crippen molar-refractivity contribution in [3.8, 4) is 17.0 Å². The molecule has 1 heterocycles. The average Bonchev–Trinajstić information content (AvgIpc) is 2.33. The normalized spacial score (nSPS) is 11.4. The minimum Gasteiger partial charge on any atom is -0.405 e. The van der Waals surface area contributed by atoms with Gasteiger partial charge in [-0.2, -0.15) is 0 Å². The molecule has 0 unspecified atom stereocenters. The van der Waals surface area contributed by atoms with Gasteiger partial charge in [-0.1, -0.05) is 24.4 Å². The first-order valence-electron chi connectivity index (χ1n) is 5.70. The SMILES string of the molecule is Cc1nc(=S)c(C)c(-c2ccccc2OC(F)(F)F)[nH]1. The number of aromatic nitrogens is 2. The largest absolute Gasteiger partial charge is 0.573 e. The fourth-order valence-corrected chi connectivity index (χ4v) is 2.04. The van der Waals surface area contributed by atoms with Crippen LogP contribution in [0.2, 0.25) is 0 Å². The first kappa shape index (κ1) is 14.5. The second kappa shape index (κ2) is 5.24. The highest BCUT2D eigenvalue weighted by Gasteiger charge is 2.32. The third-order valence-corrected chi connectivity index (χ3v) is 3.05. The summed E-state index contributed by atoms with van der Waals surface area (Å²) in [6.07, 6.45) is -4.75. The third-order valence-electron chi connectivity index (χ3n) is 2.65. The molecule has 1 N–H and O–H groups in total. The van der Waals surface area contributed by atoms with Crippen LogP contribution in [-0.2, 0) is 0 Å². The van der Waals surface area contributed by atoms with Gasteiger partial charge in [0.15, 0.2) is 0 Å². The Morgan fingerprint density at radius 1 is 1.20 bits per heavy atom. The molecule has 0 aliphatic rings. The van der Waals surface area contributed by atoms with Crippen molar-refractivity contribution in [3.05, 3.63) is 40.3 Å². The molecular weight excluding hydrogens is 289 g/mol. The van der Waals surface area contributed by atoms with Gasteiger partial charge < -0.3 is 9.72 Å². The summed E-state index contributed by atoms with van der Waals surface area (Å²) in [7, 11) is 0. The molecule has 1 aromatic heterocycles. The standard InChI is InChI=1S/C13H11F3N2OS/c1-7-11(17-8(2)18-12(7)20)9-5-3-4-6-10(9)19-13(14,15)16/h3-6H,1-2H3,(H,17,18,20). The molecule has 0 saturated heterocycles. The van der Waals surface area contributed by atoms with Crippen molar-refractivity contribution in [1.82, 2.24) is 9.97 Å². The quantitative estimate of drug-likeness (QED) is 0.839. The molecule has 3 nitrogen and oxygen atoms in total. The van der Waals surface area contributed by atoms with Crippen LogP contribution in [0.25, 0.3) is 11.3 Å². The minimum atomic E-state index is -4.75. The number of nitrogens with one attached hydrogen (secondary N) is 1. The summed E-state index contributed by atoms with van der Waals surface area (Å²) in [5, 5.41) is 0. The van der Waals surface area contributed by atoms with Crippen molar-refractivity contribution in [1.29, 1.82) is 0 Å². The van der Waals surface area contributed by atoms with Crippen LogP contribution >= 0.6 is 12.2 Å². The maximum atomic E-state index is 12.4. The van der Waals surface area contributed by atoms with Crippen molar-refractivity contribution < 1.29 is 17.9 Å². The summed E-state index contributed by atoms with van der Waals surface area (Å²) >= 11 is 5.09. The van der Waals surface area contributed by atoms with Crippen molar-refractivity contribution >= 4 is 12.2 Å². The number of alkyl halides is 3. The lowest BCUT2D eigenvalue weighted by atomic mass is 10.1. The lowest BCUT2D eigenvalue weighted by Crippen LogP contribution is -2.17. The van der Waals surface area contributed by atoms with E-state index in [9.17, 15) is 13.2 Å². The van der Waals surface area contributed by atoms with E-state index in [1.807, 2.05) is 0 Å². The first-order chi connectivity index (χ1) is 9.28. The Balaban J connectivity index is 2.62. The Bertz CT molecular complexity index is 695. The van der Waals surface area contributed by atoms with E-state index in [-0.39, 0.29) is 5.75 Å². The van der Waals surface area contributed by atoms with Crippen LogP contribution in [0.4, 0.5) is 13.2 Å². The van der Waals surface area contributed by atoms with E-state index in [0.29, 0.717) is 27.3 Å². The predicted octanol–water partition coefficient (Wildman–Crippen LogP) is 4.32. The van der Waals surface area contributed by atoms with Gasteiger partial charge in [-0.05, 0) is 26.0 Å². The Labute approximate surface area is 118 Å². The van der Waals surface area contributed by atoms with Crippen LogP contribution in [0, 0.1) is 18.5 Å². The average molecular weight is 300 g/mol. The first-order valence-corrected chi connectivity index (χ1v) is 6.11. The molecule has 0 radical (unpaired) electrons. The van der Waals surface area contributed by atoms with Crippen LogP contribution in [-0.4, -0.2) is 16.3 Å². The molecule has 7 heteroatoms. The Kier molecular flexibility index (Phi) is 3.80. The summed E-state index contributed by atoms with van der Waals surface area (Å²) in [5.41, 5.74) is 1.37. The molecule has 0 spiro atoms. The zero-order valence-corrected chi connectivity index (χ0v) is 11.5. The van der Waals surface area contributed by atoms with Crippen molar-refractivity contribution in [2.75, 3.05) is 0 Å². The zero-order chi connectivity index (χ0) is 14.9. The molecule has 0 aliphatic carbocycles. The van der Waals surface area contributed by atoms with E-state index < -0.39 is 6.36 Å². The number of nitrogens with zero attached hydrogens (tertiary/aromatic N) is 1. The number of aryl methyl sites for hydroxylation is 1. The lowest BCUT2D eigenvalue weighted by molar-refractivity contribution is -0.274. The smallest absolute Gasteiger partial charge is 0.405 e. The van der Waals surface area contributed by atoms with Gasteiger partial charge in [0.25, 0.3) is 0 Å². The molecule has 0 amide bonds. The molecule has 2 aromatic rings. The van der Waals surface area contributed by atoms with Gasteiger partial charge in [0.05, 0.1) is 5.69 Å². The van der Waals surface area contributed by atoms with Crippen LogP contribution in [0.5, 0.6) is 5.75 Å². The molecule has 1 aromatic carbocycles. The number of rotatable bonds is 2. The van der Waals surface area contributed by atoms with Gasteiger partial charge >= 0.3 is 6.36 Å². The second-order valence-electron chi connectivity index (χ2n) is 4.17. The maximum absolute atomic E-state index is 12.4. The van der Waals surface area contributed by atoms with E-state index in [1.165, 1.54) is 18.2 Å². The summed E-state index contributed by atoms with van der Waals surface area (Å²) in [6, 6.07) is 5.90. The van der Waals surface area contributed by atoms with Crippen LogP contribution in [0.1, 0.15) is 11.4 Å². The van der Waals surface area contributed by atoms with Gasteiger partial charge in [-0.15, -0.1) is 13.2 Å². The number of hydrogen-bond donors (Lipinski definition) is 1. The Morgan fingerprint density at radius 3 is 2.50 bits per heavy atom. The van der Waals surface area contributed by atoms with Crippen LogP contribution < -0.4 is 4.74 Å². The predicted molar refractivity (Wildman–Crippen MR) is 71.0 cm³/mol. The molecule has 20 heavy (non-hydrogen) atoms. The Morgan fingerprint density at radius 2 is 1.85 bits per heavy atom. The van der Waals surface area contributed by atoms with Gasteiger partial charge in [0, 0.05) is 11.1 Å². The lowest BCUT2D eigenvalue weighted by Gasteiger charge is -2.15. The monoisotopic (exact) mass is 300 g/mol. The summed E-state index contributed by atoms with van der Waals surface area (Å²) in [4.78, 5) is 6.99. The summed E-state index contributed by atoms with van der Waals surface area (Å²) < 4.78 is 41.7. The van der Waals surface area contributed by atoms with Gasteiger partial charge in [0.2, 0.25) is 0 Å². The highest BCUT2D eigenvalue weighted by Crippen LogP contribution is 2.34. The second-order valence-corrected chi connectivity index (χ2v) is 4.56. The highest BCUT2D eigenvalue weighted by molar-refractivity contribution is 7.71. The number of ether oxygens (including phenoxy) is 1. The van der Waals surface area contributed by atoms with Crippen molar-refractivity contribution in [2.45, 2.75) is 20.2 Å². The maximum Gasteiger partial charge on any atom is 0.573 e. The third kappa shape index (κ3) is 3.16. The molecule has 0 saturated carbocycles. The fraction of sp³-hybridized carbons (Fsp3) is 0.231. The Hall–Kier alpha value is -1.89. The van der Waals surface area contributed by atoms with E-state index in [0.717, 1.165) is 0 Å². The zero-order valence-electron chi connectivity index (χ0n) is 10.7. The highest BCUT2D eigenvalue weighted by atomic mass is 32.1. The number of para-hydroxylation sites is 1. The van der Waals surface area contributed by atoms with Gasteiger partial charge in [-0.3, -0.25) is 0 Å². The fourth-order valence-electron chi connectivity index (χ4n) is 1.80. The van der Waals surface area contributed by atoms with Crippen molar-refractivity contribution in [3.63, 3.8) is 0 Å². The number of halogens is 3. The number of aromatic amines is 1. The topological polar surface area (TPSA) is 37.9 Å².